The van der Waals surface area contributed by atoms with Crippen LogP contribution < -0.4 is 10.2 Å². The summed E-state index contributed by atoms with van der Waals surface area (Å²) in [4.78, 5) is 2.44. The number of hydrogen-bond donors (Lipinski definition) is 1. The van der Waals surface area contributed by atoms with Crippen LogP contribution in [0.5, 0.6) is 0 Å². The summed E-state index contributed by atoms with van der Waals surface area (Å²) in [5.41, 5.74) is 2.65. The van der Waals surface area contributed by atoms with Gasteiger partial charge < -0.3 is 10.2 Å². The number of nitrogens with one attached hydrogen (secondary N) is 1. The number of nitriles is 1. The van der Waals surface area contributed by atoms with Crippen LogP contribution in [0.25, 0.3) is 0 Å². The lowest BCUT2D eigenvalue weighted by atomic mass is 9.97. The Morgan fingerprint density at radius 3 is 2.68 bits per heavy atom. The first kappa shape index (κ1) is 13.9. The molecule has 19 heavy (non-hydrogen) atoms. The first-order chi connectivity index (χ1) is 9.03. The van der Waals surface area contributed by atoms with Crippen LogP contribution in [0, 0.1) is 18.3 Å². The third-order valence-corrected chi connectivity index (χ3v) is 3.99. The van der Waals surface area contributed by atoms with E-state index >= 15 is 0 Å². The smallest absolute Gasteiger partial charge is 0.0638 e. The Bertz CT molecular complexity index is 456. The molecule has 0 amide bonds. The van der Waals surface area contributed by atoms with Gasteiger partial charge in [-0.3, -0.25) is 0 Å². The quantitative estimate of drug-likeness (QED) is 0.885. The molecule has 1 fully saturated rings. The lowest BCUT2D eigenvalue weighted by Crippen LogP contribution is -2.46. The van der Waals surface area contributed by atoms with Crippen LogP contribution in [-0.4, -0.2) is 24.7 Å². The fourth-order valence-electron chi connectivity index (χ4n) is 2.68. The Kier molecular flexibility index (Phi) is 4.11. The molecule has 0 spiro atoms. The highest BCUT2D eigenvalue weighted by atomic mass is 15.2. The van der Waals surface area contributed by atoms with E-state index in [1.54, 1.807) is 0 Å². The molecule has 0 aliphatic carbocycles. The molecule has 3 heteroatoms. The van der Waals surface area contributed by atoms with Crippen LogP contribution in [0.3, 0.4) is 0 Å². The third kappa shape index (κ3) is 3.27. The molecule has 1 aliphatic rings. The summed E-state index contributed by atoms with van der Waals surface area (Å²) in [5.74, 6) is 0. The van der Waals surface area contributed by atoms with E-state index in [9.17, 15) is 0 Å². The molecule has 1 aliphatic heterocycles. The lowest BCUT2D eigenvalue weighted by molar-refractivity contribution is 0.452. The van der Waals surface area contributed by atoms with Gasteiger partial charge in [-0.05, 0) is 45.9 Å². The predicted molar refractivity (Wildman–Crippen MR) is 79.2 cm³/mol. The molecule has 1 unspecified atom stereocenters. The summed E-state index contributed by atoms with van der Waals surface area (Å²) >= 11 is 0. The Morgan fingerprint density at radius 2 is 2.05 bits per heavy atom. The Balaban J connectivity index is 2.26. The molecular formula is C16H23N3. The van der Waals surface area contributed by atoms with Crippen LogP contribution in [-0.2, 0) is 0 Å². The minimum Gasteiger partial charge on any atom is -0.365 e. The van der Waals surface area contributed by atoms with Crippen LogP contribution in [0.15, 0.2) is 24.3 Å². The maximum atomic E-state index is 8.93. The lowest BCUT2D eigenvalue weighted by Gasteiger charge is -2.39. The van der Waals surface area contributed by atoms with Gasteiger partial charge in [0.05, 0.1) is 12.5 Å². The van der Waals surface area contributed by atoms with Crippen LogP contribution >= 0.6 is 0 Å². The topological polar surface area (TPSA) is 39.1 Å². The largest absolute Gasteiger partial charge is 0.365 e. The zero-order chi connectivity index (χ0) is 13.9. The van der Waals surface area contributed by atoms with Gasteiger partial charge in [-0.25, -0.2) is 0 Å². The molecule has 1 saturated heterocycles. The number of nitrogens with zero attached hydrogens (tertiary/aromatic N) is 2. The van der Waals surface area contributed by atoms with Crippen molar-refractivity contribution in [2.75, 3.05) is 18.0 Å². The van der Waals surface area contributed by atoms with Gasteiger partial charge in [0.25, 0.3) is 0 Å². The monoisotopic (exact) mass is 257 g/mol. The molecule has 0 aromatic heterocycles. The highest BCUT2D eigenvalue weighted by Crippen LogP contribution is 2.29. The highest BCUT2D eigenvalue weighted by Gasteiger charge is 2.31. The second-order valence-corrected chi connectivity index (χ2v) is 6.02. The van der Waals surface area contributed by atoms with Crippen LogP contribution in [0.2, 0.25) is 0 Å². The molecule has 0 radical (unpaired) electrons. The van der Waals surface area contributed by atoms with Crippen molar-refractivity contribution in [2.24, 2.45) is 0 Å². The van der Waals surface area contributed by atoms with Crippen LogP contribution in [0.4, 0.5) is 5.69 Å². The number of rotatable bonds is 2. The minimum absolute atomic E-state index is 0.118. The maximum Gasteiger partial charge on any atom is 0.0638 e. The van der Waals surface area contributed by atoms with Gasteiger partial charge in [-0.2, -0.15) is 5.26 Å². The molecule has 0 bridgehead atoms. The van der Waals surface area contributed by atoms with Crippen LogP contribution in [0.1, 0.15) is 32.3 Å². The number of hydrogen-bond acceptors (Lipinski definition) is 3. The van der Waals surface area contributed by atoms with Gasteiger partial charge in [0.15, 0.2) is 0 Å². The molecule has 0 saturated carbocycles. The first-order valence-electron chi connectivity index (χ1n) is 6.97. The molecule has 1 aromatic carbocycles. The summed E-state index contributed by atoms with van der Waals surface area (Å²) in [7, 11) is 0. The summed E-state index contributed by atoms with van der Waals surface area (Å²) in [5, 5.41) is 12.4. The standard InChI is InChI=1S/C16H23N3/c1-13-4-6-15(7-5-13)19-12-14(8-10-17)18-11-9-16(19,2)3/h4-7,14,18H,8-9,11-12H2,1-3H3. The molecule has 1 aromatic rings. The van der Waals surface area contributed by atoms with E-state index in [1.807, 2.05) is 0 Å². The second kappa shape index (κ2) is 5.63. The van der Waals surface area contributed by atoms with Crippen molar-refractivity contribution in [3.8, 4) is 6.07 Å². The Labute approximate surface area is 116 Å². The summed E-state index contributed by atoms with van der Waals surface area (Å²) in [6.07, 6.45) is 1.65. The minimum atomic E-state index is 0.118. The van der Waals surface area contributed by atoms with Crippen molar-refractivity contribution < 1.29 is 0 Å². The molecular weight excluding hydrogens is 234 g/mol. The average molecular weight is 257 g/mol. The molecule has 1 heterocycles. The van der Waals surface area contributed by atoms with E-state index in [4.69, 9.17) is 5.26 Å². The van der Waals surface area contributed by atoms with E-state index in [-0.39, 0.29) is 11.6 Å². The van der Waals surface area contributed by atoms with Gasteiger partial charge >= 0.3 is 0 Å². The molecule has 2 rings (SSSR count). The van der Waals surface area contributed by atoms with Crippen molar-refractivity contribution in [3.63, 3.8) is 0 Å². The van der Waals surface area contributed by atoms with Gasteiger partial charge in [-0.1, -0.05) is 17.7 Å². The molecule has 3 nitrogen and oxygen atoms in total. The third-order valence-electron chi connectivity index (χ3n) is 3.99. The number of aryl methyl sites for hydroxylation is 1. The summed E-state index contributed by atoms with van der Waals surface area (Å²) < 4.78 is 0. The zero-order valence-corrected chi connectivity index (χ0v) is 12.1. The van der Waals surface area contributed by atoms with E-state index in [1.165, 1.54) is 11.3 Å². The SMILES string of the molecule is Cc1ccc(N2CC(CC#N)NCCC2(C)C)cc1. The van der Waals surface area contributed by atoms with E-state index < -0.39 is 0 Å². The molecule has 1 N–H and O–H groups in total. The van der Waals surface area contributed by atoms with Gasteiger partial charge in [-0.15, -0.1) is 0 Å². The zero-order valence-electron chi connectivity index (χ0n) is 12.1. The van der Waals surface area contributed by atoms with Gasteiger partial charge in [0.2, 0.25) is 0 Å². The summed E-state index contributed by atoms with van der Waals surface area (Å²) in [6.45, 7) is 8.54. The van der Waals surface area contributed by atoms with Crippen molar-refractivity contribution in [1.82, 2.24) is 5.32 Å². The first-order valence-corrected chi connectivity index (χ1v) is 6.97. The van der Waals surface area contributed by atoms with Crippen molar-refractivity contribution in [2.45, 2.75) is 45.2 Å². The summed E-state index contributed by atoms with van der Waals surface area (Å²) in [6, 6.07) is 11.2. The van der Waals surface area contributed by atoms with Gasteiger partial charge in [0.1, 0.15) is 0 Å². The highest BCUT2D eigenvalue weighted by molar-refractivity contribution is 5.50. The number of benzene rings is 1. The van der Waals surface area contributed by atoms with E-state index in [0.717, 1.165) is 19.5 Å². The van der Waals surface area contributed by atoms with Gasteiger partial charge in [0, 0.05) is 23.8 Å². The molecule has 1 atom stereocenters. The van der Waals surface area contributed by atoms with Crippen molar-refractivity contribution in [1.29, 1.82) is 5.26 Å². The van der Waals surface area contributed by atoms with Crippen molar-refractivity contribution >= 4 is 5.69 Å². The van der Waals surface area contributed by atoms with E-state index in [2.05, 4.69) is 61.3 Å². The van der Waals surface area contributed by atoms with E-state index in [0.29, 0.717) is 6.42 Å². The normalized spacial score (nSPS) is 22.6. The average Bonchev–Trinajstić information content (AvgIpc) is 2.50. The maximum absolute atomic E-state index is 8.93. The number of anilines is 1. The second-order valence-electron chi connectivity index (χ2n) is 6.02. The Hall–Kier alpha value is -1.53. The predicted octanol–water partition coefficient (Wildman–Crippen LogP) is 2.86. The molecule has 102 valence electrons. The fourth-order valence-corrected chi connectivity index (χ4v) is 2.68. The van der Waals surface area contributed by atoms with Crippen molar-refractivity contribution in [3.05, 3.63) is 29.8 Å². The fraction of sp³-hybridized carbons (Fsp3) is 0.562. The Morgan fingerprint density at radius 1 is 1.37 bits per heavy atom.